The van der Waals surface area contributed by atoms with Crippen LogP contribution in [0, 0.1) is 0 Å². The van der Waals surface area contributed by atoms with Crippen molar-refractivity contribution >= 4 is 0 Å². The lowest BCUT2D eigenvalue weighted by molar-refractivity contribution is 0.0821. The van der Waals surface area contributed by atoms with Crippen molar-refractivity contribution < 1.29 is 19.3 Å². The molecule has 5 nitrogen and oxygen atoms in total. The van der Waals surface area contributed by atoms with Crippen LogP contribution >= 0.6 is 0 Å². The van der Waals surface area contributed by atoms with Crippen LogP contribution in [0.1, 0.15) is 37.8 Å². The Labute approximate surface area is 156 Å². The zero-order valence-electron chi connectivity index (χ0n) is 16.3. The molecule has 2 aliphatic heterocycles. The molecule has 1 N–H and O–H groups in total. The maximum absolute atomic E-state index is 9.97. The Morgan fingerprint density at radius 3 is 2.73 bits per heavy atom. The Hall–Kier alpha value is -1.56. The molecule has 0 saturated carbocycles. The van der Waals surface area contributed by atoms with Crippen molar-refractivity contribution in [3.05, 3.63) is 35.4 Å². The highest BCUT2D eigenvalue weighted by Crippen LogP contribution is 2.55. The molecule has 4 rings (SSSR count). The van der Waals surface area contributed by atoms with Gasteiger partial charge in [-0.1, -0.05) is 18.2 Å². The van der Waals surface area contributed by atoms with Gasteiger partial charge in [0, 0.05) is 31.7 Å². The zero-order valence-corrected chi connectivity index (χ0v) is 16.3. The van der Waals surface area contributed by atoms with Crippen molar-refractivity contribution in [2.24, 2.45) is 0 Å². The first kappa shape index (κ1) is 19.2. The van der Waals surface area contributed by atoms with Crippen molar-refractivity contribution in [2.75, 3.05) is 33.9 Å². The Kier molecular flexibility index (Phi) is 5.90. The van der Waals surface area contributed by atoms with Gasteiger partial charge in [-0.2, -0.15) is 0 Å². The third kappa shape index (κ3) is 3.36. The topological polar surface area (TPSA) is 51.2 Å². The van der Waals surface area contributed by atoms with Crippen LogP contribution in [0.3, 0.4) is 0 Å². The van der Waals surface area contributed by atoms with Crippen LogP contribution in [0.2, 0.25) is 0 Å². The minimum absolute atomic E-state index is 0.00838. The molecule has 1 aromatic carbocycles. The number of rotatable bonds is 3. The fourth-order valence-electron chi connectivity index (χ4n) is 4.28. The van der Waals surface area contributed by atoms with Gasteiger partial charge in [-0.15, -0.1) is 0 Å². The molecule has 0 amide bonds. The lowest BCUT2D eigenvalue weighted by atomic mass is 9.69. The molecule has 5 heteroatoms. The SMILES string of the molecule is CCOCC.COc1ccc2c3c1O[C@H]1C[C@@H](O)C=C[C@@]31CCN(C)C2. The second-order valence-corrected chi connectivity index (χ2v) is 7.21. The molecule has 0 fully saturated rings. The van der Waals surface area contributed by atoms with Crippen molar-refractivity contribution in [3.8, 4) is 11.5 Å². The number of benzene rings is 1. The third-order valence-electron chi connectivity index (χ3n) is 5.55. The summed E-state index contributed by atoms with van der Waals surface area (Å²) in [6.45, 7) is 7.62. The van der Waals surface area contributed by atoms with E-state index in [0.717, 1.165) is 44.2 Å². The lowest BCUT2D eigenvalue weighted by Crippen LogP contribution is -2.42. The average molecular weight is 361 g/mol. The van der Waals surface area contributed by atoms with Crippen molar-refractivity contribution in [2.45, 2.75) is 50.9 Å². The predicted molar refractivity (Wildman–Crippen MR) is 102 cm³/mol. The van der Waals surface area contributed by atoms with Crippen molar-refractivity contribution in [1.29, 1.82) is 0 Å². The first-order valence-electron chi connectivity index (χ1n) is 9.56. The van der Waals surface area contributed by atoms with Gasteiger partial charge in [-0.3, -0.25) is 0 Å². The average Bonchev–Trinajstić information content (AvgIpc) is 2.88. The van der Waals surface area contributed by atoms with Crippen LogP contribution in [0.5, 0.6) is 11.5 Å². The minimum Gasteiger partial charge on any atom is -0.493 e. The van der Waals surface area contributed by atoms with Gasteiger partial charge in [0.2, 0.25) is 0 Å². The van der Waals surface area contributed by atoms with Gasteiger partial charge in [-0.05, 0) is 45.5 Å². The summed E-state index contributed by atoms with van der Waals surface area (Å²) in [5, 5.41) is 9.97. The van der Waals surface area contributed by atoms with Gasteiger partial charge < -0.3 is 24.2 Å². The van der Waals surface area contributed by atoms with E-state index in [-0.39, 0.29) is 11.5 Å². The highest BCUT2D eigenvalue weighted by molar-refractivity contribution is 5.60. The monoisotopic (exact) mass is 361 g/mol. The summed E-state index contributed by atoms with van der Waals surface area (Å²) in [7, 11) is 3.84. The van der Waals surface area contributed by atoms with Crippen LogP contribution in [0.25, 0.3) is 0 Å². The lowest BCUT2D eigenvalue weighted by Gasteiger charge is -2.35. The normalized spacial score (nSPS) is 29.0. The number of methoxy groups -OCH3 is 1. The molecule has 1 aliphatic carbocycles. The van der Waals surface area contributed by atoms with Gasteiger partial charge in [-0.25, -0.2) is 0 Å². The minimum atomic E-state index is -0.412. The van der Waals surface area contributed by atoms with Gasteiger partial charge >= 0.3 is 0 Å². The number of hydrogen-bond donors (Lipinski definition) is 1. The van der Waals surface area contributed by atoms with Crippen LogP contribution < -0.4 is 9.47 Å². The van der Waals surface area contributed by atoms with Gasteiger partial charge in [0.05, 0.1) is 18.6 Å². The molecule has 0 saturated heterocycles. The highest BCUT2D eigenvalue weighted by atomic mass is 16.5. The quantitative estimate of drug-likeness (QED) is 0.839. The van der Waals surface area contributed by atoms with E-state index in [2.05, 4.69) is 24.1 Å². The van der Waals surface area contributed by atoms with E-state index >= 15 is 0 Å². The molecule has 1 aromatic rings. The van der Waals surface area contributed by atoms with Crippen molar-refractivity contribution in [3.63, 3.8) is 0 Å². The first-order chi connectivity index (χ1) is 12.6. The number of aliphatic hydroxyl groups is 1. The molecule has 0 unspecified atom stereocenters. The van der Waals surface area contributed by atoms with E-state index in [0.29, 0.717) is 6.42 Å². The summed E-state index contributed by atoms with van der Waals surface area (Å²) in [6, 6.07) is 4.16. The van der Waals surface area contributed by atoms with E-state index in [9.17, 15) is 5.11 Å². The molecule has 0 aromatic heterocycles. The summed E-state index contributed by atoms with van der Waals surface area (Å²) >= 11 is 0. The second-order valence-electron chi connectivity index (χ2n) is 7.21. The molecule has 144 valence electrons. The third-order valence-corrected chi connectivity index (χ3v) is 5.55. The predicted octanol–water partition coefficient (Wildman–Crippen LogP) is 2.89. The van der Waals surface area contributed by atoms with E-state index < -0.39 is 6.10 Å². The molecule has 3 aliphatic rings. The Morgan fingerprint density at radius 1 is 1.31 bits per heavy atom. The van der Waals surface area contributed by atoms with Crippen molar-refractivity contribution in [1.82, 2.24) is 4.90 Å². The van der Waals surface area contributed by atoms with E-state index in [1.165, 1.54) is 11.1 Å². The molecular formula is C21H31NO4. The number of hydrogen-bond acceptors (Lipinski definition) is 5. The largest absolute Gasteiger partial charge is 0.493 e. The van der Waals surface area contributed by atoms with E-state index in [1.54, 1.807) is 7.11 Å². The first-order valence-corrected chi connectivity index (χ1v) is 9.56. The fraction of sp³-hybridized carbons (Fsp3) is 0.619. The molecule has 0 bridgehead atoms. The molecule has 2 heterocycles. The maximum atomic E-state index is 9.97. The molecule has 1 spiro atoms. The second kappa shape index (κ2) is 7.99. The smallest absolute Gasteiger partial charge is 0.166 e. The summed E-state index contributed by atoms with van der Waals surface area (Å²) in [5.74, 6) is 1.68. The molecule has 3 atom stereocenters. The Morgan fingerprint density at radius 2 is 2.08 bits per heavy atom. The molecular weight excluding hydrogens is 330 g/mol. The van der Waals surface area contributed by atoms with Gasteiger partial charge in [0.25, 0.3) is 0 Å². The Balaban J connectivity index is 0.000000349. The number of aliphatic hydroxyl groups excluding tert-OH is 1. The van der Waals surface area contributed by atoms with Crippen LogP contribution in [0.4, 0.5) is 0 Å². The van der Waals surface area contributed by atoms with Gasteiger partial charge in [0.15, 0.2) is 11.5 Å². The summed E-state index contributed by atoms with van der Waals surface area (Å²) in [4.78, 5) is 2.35. The molecule has 26 heavy (non-hydrogen) atoms. The summed E-state index contributed by atoms with van der Waals surface area (Å²) in [5.41, 5.74) is 2.48. The Bertz CT molecular complexity index is 658. The fourth-order valence-corrected chi connectivity index (χ4v) is 4.28. The highest BCUT2D eigenvalue weighted by Gasteiger charge is 2.52. The standard InChI is InChI=1S/C17H21NO3.C4H10O/c1-18-8-7-17-6-5-12(19)9-14(17)21-16-13(20-2)4-3-11(10-18)15(16)17;1-3-5-4-2/h3-6,12,14,19H,7-10H2,1-2H3;3-4H2,1-2H3/t12-,14-,17-;/m0./s1. The van der Waals surface area contributed by atoms with Gasteiger partial charge in [0.1, 0.15) is 6.10 Å². The number of nitrogens with zero attached hydrogens (tertiary/aromatic N) is 1. The van der Waals surface area contributed by atoms with Crippen LogP contribution in [0.15, 0.2) is 24.3 Å². The van der Waals surface area contributed by atoms with E-state index in [4.69, 9.17) is 14.2 Å². The molecule has 0 radical (unpaired) electrons. The van der Waals surface area contributed by atoms with Crippen LogP contribution in [-0.4, -0.2) is 56.1 Å². The maximum Gasteiger partial charge on any atom is 0.166 e. The van der Waals surface area contributed by atoms with Crippen LogP contribution in [-0.2, 0) is 16.7 Å². The van der Waals surface area contributed by atoms with E-state index in [1.807, 2.05) is 26.0 Å². The summed E-state index contributed by atoms with van der Waals surface area (Å²) in [6.07, 6.45) is 5.38. The summed E-state index contributed by atoms with van der Waals surface area (Å²) < 4.78 is 16.6. The zero-order chi connectivity index (χ0) is 18.7. The number of ether oxygens (including phenoxy) is 3.